The van der Waals surface area contributed by atoms with E-state index in [1.165, 1.54) is 29.5 Å². The topological polar surface area (TPSA) is 32.3 Å². The zero-order valence-electron chi connectivity index (χ0n) is 19.2. The summed E-state index contributed by atoms with van der Waals surface area (Å²) in [6.07, 6.45) is 5.01. The fourth-order valence-electron chi connectivity index (χ4n) is 4.80. The van der Waals surface area contributed by atoms with E-state index in [4.69, 9.17) is 9.97 Å². The molecule has 0 aliphatic carbocycles. The Labute approximate surface area is 194 Å². The summed E-state index contributed by atoms with van der Waals surface area (Å²) in [7, 11) is 4.12. The molecule has 4 nitrogen and oxygen atoms in total. The van der Waals surface area contributed by atoms with Crippen molar-refractivity contribution in [2.45, 2.75) is 31.8 Å². The van der Waals surface area contributed by atoms with Gasteiger partial charge in [0, 0.05) is 37.8 Å². The fraction of sp³-hybridized carbons (Fsp3) is 0.286. The molecule has 3 heterocycles. The van der Waals surface area contributed by atoms with Crippen molar-refractivity contribution in [2.24, 2.45) is 0 Å². The first-order valence-corrected chi connectivity index (χ1v) is 11.6. The Kier molecular flexibility index (Phi) is 6.05. The Morgan fingerprint density at radius 3 is 2.55 bits per heavy atom. The smallest absolute Gasteiger partial charge is 0.133 e. The minimum atomic E-state index is -0.201. The lowest BCUT2D eigenvalue weighted by Gasteiger charge is -2.26. The van der Waals surface area contributed by atoms with Gasteiger partial charge < -0.3 is 4.90 Å². The van der Waals surface area contributed by atoms with Crippen LogP contribution in [-0.2, 0) is 13.0 Å². The lowest BCUT2D eigenvalue weighted by molar-refractivity contribution is 0.244. The molecule has 0 bridgehead atoms. The molecule has 1 fully saturated rings. The largest absolute Gasteiger partial charge is 0.362 e. The van der Waals surface area contributed by atoms with E-state index >= 15 is 0 Å². The van der Waals surface area contributed by atoms with E-state index in [9.17, 15) is 4.39 Å². The van der Waals surface area contributed by atoms with Crippen molar-refractivity contribution in [2.75, 3.05) is 25.5 Å². The molecular formula is C28H29FN4. The minimum Gasteiger partial charge on any atom is -0.362 e. The molecule has 1 saturated heterocycles. The van der Waals surface area contributed by atoms with E-state index in [1.807, 2.05) is 24.4 Å². The number of hydrogen-bond donors (Lipinski definition) is 0. The Balaban J connectivity index is 1.35. The molecule has 168 valence electrons. The molecule has 0 N–H and O–H groups in total. The van der Waals surface area contributed by atoms with Crippen molar-refractivity contribution in [1.29, 1.82) is 0 Å². The maximum atomic E-state index is 13.2. The third kappa shape index (κ3) is 4.74. The molecule has 33 heavy (non-hydrogen) atoms. The minimum absolute atomic E-state index is 0.201. The van der Waals surface area contributed by atoms with Crippen LogP contribution in [0, 0.1) is 5.82 Å². The molecule has 0 radical (unpaired) electrons. The highest BCUT2D eigenvalue weighted by molar-refractivity contribution is 5.81. The average molecular weight is 441 g/mol. The van der Waals surface area contributed by atoms with Crippen LogP contribution in [0.15, 0.2) is 72.9 Å². The monoisotopic (exact) mass is 440 g/mol. The van der Waals surface area contributed by atoms with E-state index in [-0.39, 0.29) is 5.82 Å². The van der Waals surface area contributed by atoms with Crippen LogP contribution >= 0.6 is 0 Å². The molecule has 0 amide bonds. The lowest BCUT2D eigenvalue weighted by Crippen LogP contribution is -2.25. The Hall–Kier alpha value is -3.31. The predicted molar refractivity (Wildman–Crippen MR) is 132 cm³/mol. The highest BCUT2D eigenvalue weighted by Crippen LogP contribution is 2.34. The van der Waals surface area contributed by atoms with Crippen LogP contribution in [0.4, 0.5) is 10.2 Å². The number of anilines is 1. The van der Waals surface area contributed by atoms with Gasteiger partial charge in [0.1, 0.15) is 11.6 Å². The molecule has 2 aromatic carbocycles. The molecule has 1 aliphatic heterocycles. The van der Waals surface area contributed by atoms with Gasteiger partial charge in [-0.1, -0.05) is 36.4 Å². The van der Waals surface area contributed by atoms with Crippen molar-refractivity contribution in [3.8, 4) is 0 Å². The maximum Gasteiger partial charge on any atom is 0.133 e. The summed E-state index contributed by atoms with van der Waals surface area (Å²) < 4.78 is 13.2. The average Bonchev–Trinajstić information content (AvgIpc) is 3.28. The first-order valence-electron chi connectivity index (χ1n) is 11.6. The second-order valence-electron chi connectivity index (χ2n) is 9.08. The number of rotatable bonds is 6. The summed E-state index contributed by atoms with van der Waals surface area (Å²) in [5, 5.41) is 1.18. The van der Waals surface area contributed by atoms with Crippen molar-refractivity contribution in [1.82, 2.24) is 14.9 Å². The highest BCUT2D eigenvalue weighted by Gasteiger charge is 2.28. The van der Waals surface area contributed by atoms with Gasteiger partial charge in [-0.2, -0.15) is 0 Å². The molecule has 1 aliphatic rings. The quantitative estimate of drug-likeness (QED) is 0.381. The number of halogens is 1. The summed E-state index contributed by atoms with van der Waals surface area (Å²) in [4.78, 5) is 14.4. The molecule has 0 spiro atoms. The molecule has 2 aromatic heterocycles. The van der Waals surface area contributed by atoms with Crippen molar-refractivity contribution >= 4 is 16.7 Å². The van der Waals surface area contributed by atoms with Gasteiger partial charge in [0.15, 0.2) is 0 Å². The van der Waals surface area contributed by atoms with E-state index in [1.54, 1.807) is 0 Å². The number of likely N-dealkylation sites (tertiary alicyclic amines) is 1. The van der Waals surface area contributed by atoms with Crippen LogP contribution in [0.5, 0.6) is 0 Å². The number of fused-ring (bicyclic) bond motifs is 1. The summed E-state index contributed by atoms with van der Waals surface area (Å²) in [5.41, 5.74) is 5.63. The van der Waals surface area contributed by atoms with E-state index in [0.29, 0.717) is 6.04 Å². The summed E-state index contributed by atoms with van der Waals surface area (Å²) in [5.74, 6) is 0.828. The maximum absolute atomic E-state index is 13.2. The Bertz CT molecular complexity index is 1240. The van der Waals surface area contributed by atoms with Gasteiger partial charge >= 0.3 is 0 Å². The van der Waals surface area contributed by atoms with Crippen LogP contribution < -0.4 is 4.90 Å². The molecule has 5 heteroatoms. The van der Waals surface area contributed by atoms with Crippen LogP contribution in [0.1, 0.15) is 41.3 Å². The SMILES string of the molecule is CN(C)c1nc2ccccc2cc1CN1CCCC1c1ccc(Cc2ccc(F)cc2)cn1. The zero-order chi connectivity index (χ0) is 22.8. The second-order valence-corrected chi connectivity index (χ2v) is 9.08. The highest BCUT2D eigenvalue weighted by atomic mass is 19.1. The summed E-state index contributed by atoms with van der Waals surface area (Å²) in [6.45, 7) is 1.92. The van der Waals surface area contributed by atoms with E-state index in [0.717, 1.165) is 54.1 Å². The van der Waals surface area contributed by atoms with Gasteiger partial charge in [-0.05, 0) is 67.3 Å². The summed E-state index contributed by atoms with van der Waals surface area (Å²) >= 11 is 0. The van der Waals surface area contributed by atoms with E-state index < -0.39 is 0 Å². The van der Waals surface area contributed by atoms with Gasteiger partial charge in [0.05, 0.1) is 17.3 Å². The third-order valence-corrected chi connectivity index (χ3v) is 6.45. The summed E-state index contributed by atoms with van der Waals surface area (Å²) in [6, 6.07) is 21.9. The van der Waals surface area contributed by atoms with E-state index in [2.05, 4.69) is 60.3 Å². The number of para-hydroxylation sites is 1. The van der Waals surface area contributed by atoms with Gasteiger partial charge in [-0.15, -0.1) is 0 Å². The standard InChI is InChI=1S/C28H29FN4/c1-32(2)28-23(17-22-6-3-4-7-25(22)31-28)19-33-15-5-8-27(33)26-14-11-21(18-30-26)16-20-9-12-24(29)13-10-20/h3-4,6-7,9-14,17-18,27H,5,8,15-16,19H2,1-2H3. The molecule has 5 rings (SSSR count). The predicted octanol–water partition coefficient (Wildman–Crippen LogP) is 5.76. The fourth-order valence-corrected chi connectivity index (χ4v) is 4.80. The second kappa shape index (κ2) is 9.28. The first kappa shape index (κ1) is 21.5. The van der Waals surface area contributed by atoms with Crippen molar-refractivity contribution in [3.05, 3.63) is 101 Å². The lowest BCUT2D eigenvalue weighted by atomic mass is 10.0. The van der Waals surface area contributed by atoms with Gasteiger partial charge in [-0.25, -0.2) is 9.37 Å². The molecule has 0 saturated carbocycles. The van der Waals surface area contributed by atoms with Crippen LogP contribution in [0.3, 0.4) is 0 Å². The molecule has 4 aromatic rings. The first-order chi connectivity index (χ1) is 16.1. The molecule has 1 atom stereocenters. The Morgan fingerprint density at radius 1 is 1.00 bits per heavy atom. The van der Waals surface area contributed by atoms with Gasteiger partial charge in [0.2, 0.25) is 0 Å². The van der Waals surface area contributed by atoms with Crippen LogP contribution in [0.2, 0.25) is 0 Å². The van der Waals surface area contributed by atoms with Gasteiger partial charge in [0.25, 0.3) is 0 Å². The zero-order valence-corrected chi connectivity index (χ0v) is 19.2. The molecular weight excluding hydrogens is 411 g/mol. The van der Waals surface area contributed by atoms with Crippen molar-refractivity contribution < 1.29 is 4.39 Å². The normalized spacial score (nSPS) is 16.4. The van der Waals surface area contributed by atoms with Crippen LogP contribution in [-0.4, -0.2) is 35.5 Å². The number of hydrogen-bond acceptors (Lipinski definition) is 4. The van der Waals surface area contributed by atoms with Crippen molar-refractivity contribution in [3.63, 3.8) is 0 Å². The van der Waals surface area contributed by atoms with Crippen LogP contribution in [0.25, 0.3) is 10.9 Å². The Morgan fingerprint density at radius 2 is 1.79 bits per heavy atom. The number of benzene rings is 2. The number of aromatic nitrogens is 2. The third-order valence-electron chi connectivity index (χ3n) is 6.45. The number of pyridine rings is 2. The number of nitrogens with zero attached hydrogens (tertiary/aromatic N) is 4. The van der Waals surface area contributed by atoms with Gasteiger partial charge in [-0.3, -0.25) is 9.88 Å². The molecule has 1 unspecified atom stereocenters.